The molecule has 0 aliphatic carbocycles. The van der Waals surface area contributed by atoms with Gasteiger partial charge in [0.15, 0.2) is 0 Å². The lowest BCUT2D eigenvalue weighted by Gasteiger charge is -2.32. The molecule has 86 valence electrons. The molecule has 2 fully saturated rings. The van der Waals surface area contributed by atoms with Crippen LogP contribution in [0.3, 0.4) is 0 Å². The van der Waals surface area contributed by atoms with Crippen molar-refractivity contribution < 1.29 is 4.79 Å². The van der Waals surface area contributed by atoms with E-state index in [0.717, 1.165) is 38.9 Å². The van der Waals surface area contributed by atoms with Crippen LogP contribution in [0.2, 0.25) is 0 Å². The van der Waals surface area contributed by atoms with Gasteiger partial charge >= 0.3 is 0 Å². The van der Waals surface area contributed by atoms with Crippen molar-refractivity contribution in [2.45, 2.75) is 51.6 Å². The summed E-state index contributed by atoms with van der Waals surface area (Å²) < 4.78 is 0. The number of likely N-dealkylation sites (tertiary alicyclic amines) is 2. The first-order chi connectivity index (χ1) is 6.98. The fourth-order valence-corrected chi connectivity index (χ4v) is 2.66. The fraction of sp³-hybridized carbons (Fsp3) is 0.917. The Morgan fingerprint density at radius 1 is 1.27 bits per heavy atom. The summed E-state index contributed by atoms with van der Waals surface area (Å²) in [5.74, 6) is 0.371. The standard InChI is InChI=1S/C12H22N2O/c1-12(2,3)13-8-6-10(9-13)14-7-4-5-11(14)15/h10H,4-9H2,1-3H3. The molecule has 2 rings (SSSR count). The Morgan fingerprint density at radius 2 is 2.00 bits per heavy atom. The minimum absolute atomic E-state index is 0.248. The maximum absolute atomic E-state index is 11.6. The van der Waals surface area contributed by atoms with Crippen LogP contribution in [0.1, 0.15) is 40.0 Å². The fourth-order valence-electron chi connectivity index (χ4n) is 2.66. The largest absolute Gasteiger partial charge is 0.338 e. The molecule has 1 atom stereocenters. The van der Waals surface area contributed by atoms with E-state index in [0.29, 0.717) is 11.9 Å². The van der Waals surface area contributed by atoms with Gasteiger partial charge in [-0.3, -0.25) is 9.69 Å². The minimum Gasteiger partial charge on any atom is -0.338 e. The van der Waals surface area contributed by atoms with Gasteiger partial charge in [0.2, 0.25) is 5.91 Å². The quantitative estimate of drug-likeness (QED) is 0.654. The molecule has 0 radical (unpaired) electrons. The summed E-state index contributed by atoms with van der Waals surface area (Å²) >= 11 is 0. The molecular formula is C12H22N2O. The molecular weight excluding hydrogens is 188 g/mol. The highest BCUT2D eigenvalue weighted by Crippen LogP contribution is 2.26. The van der Waals surface area contributed by atoms with E-state index in [1.165, 1.54) is 0 Å². The van der Waals surface area contributed by atoms with Crippen LogP contribution in [0.5, 0.6) is 0 Å². The molecule has 0 spiro atoms. The van der Waals surface area contributed by atoms with Crippen molar-refractivity contribution in [2.24, 2.45) is 0 Å². The monoisotopic (exact) mass is 210 g/mol. The minimum atomic E-state index is 0.248. The Hall–Kier alpha value is -0.570. The summed E-state index contributed by atoms with van der Waals surface area (Å²) in [6, 6.07) is 0.485. The van der Waals surface area contributed by atoms with E-state index in [-0.39, 0.29) is 5.54 Å². The smallest absolute Gasteiger partial charge is 0.222 e. The predicted molar refractivity (Wildman–Crippen MR) is 60.7 cm³/mol. The van der Waals surface area contributed by atoms with E-state index in [2.05, 4.69) is 30.6 Å². The lowest BCUT2D eigenvalue weighted by Crippen LogP contribution is -2.43. The highest BCUT2D eigenvalue weighted by molar-refractivity contribution is 5.78. The second-order valence-corrected chi connectivity index (χ2v) is 5.75. The molecule has 0 saturated carbocycles. The van der Waals surface area contributed by atoms with Crippen LogP contribution in [0, 0.1) is 0 Å². The number of rotatable bonds is 1. The van der Waals surface area contributed by atoms with Crippen molar-refractivity contribution in [3.8, 4) is 0 Å². The van der Waals surface area contributed by atoms with E-state index in [1.54, 1.807) is 0 Å². The Bertz CT molecular complexity index is 257. The highest BCUT2D eigenvalue weighted by atomic mass is 16.2. The first-order valence-electron chi connectivity index (χ1n) is 6.03. The second kappa shape index (κ2) is 3.78. The van der Waals surface area contributed by atoms with Crippen molar-refractivity contribution in [1.82, 2.24) is 9.80 Å². The van der Waals surface area contributed by atoms with Gasteiger partial charge in [0.05, 0.1) is 0 Å². The van der Waals surface area contributed by atoms with Gasteiger partial charge in [-0.15, -0.1) is 0 Å². The van der Waals surface area contributed by atoms with Gasteiger partial charge in [-0.25, -0.2) is 0 Å². The highest BCUT2D eigenvalue weighted by Gasteiger charge is 2.36. The molecule has 15 heavy (non-hydrogen) atoms. The molecule has 2 heterocycles. The van der Waals surface area contributed by atoms with Gasteiger partial charge in [-0.05, 0) is 33.6 Å². The van der Waals surface area contributed by atoms with Crippen LogP contribution in [-0.2, 0) is 4.79 Å². The number of nitrogens with zero attached hydrogens (tertiary/aromatic N) is 2. The molecule has 3 nitrogen and oxygen atoms in total. The average molecular weight is 210 g/mol. The van der Waals surface area contributed by atoms with Crippen molar-refractivity contribution in [3.05, 3.63) is 0 Å². The summed E-state index contributed by atoms with van der Waals surface area (Å²) in [5.41, 5.74) is 0.248. The van der Waals surface area contributed by atoms with Crippen molar-refractivity contribution in [2.75, 3.05) is 19.6 Å². The van der Waals surface area contributed by atoms with E-state index < -0.39 is 0 Å². The summed E-state index contributed by atoms with van der Waals surface area (Å²) in [7, 11) is 0. The number of hydrogen-bond donors (Lipinski definition) is 0. The first kappa shape index (κ1) is 10.9. The summed E-state index contributed by atoms with van der Waals surface area (Å²) in [6.45, 7) is 9.94. The third kappa shape index (κ3) is 2.17. The summed E-state index contributed by atoms with van der Waals surface area (Å²) in [5, 5.41) is 0. The zero-order valence-corrected chi connectivity index (χ0v) is 10.1. The van der Waals surface area contributed by atoms with Gasteiger partial charge in [0.1, 0.15) is 0 Å². The van der Waals surface area contributed by atoms with Crippen molar-refractivity contribution in [1.29, 1.82) is 0 Å². The van der Waals surface area contributed by atoms with Crippen LogP contribution < -0.4 is 0 Å². The number of carbonyl (C=O) groups excluding carboxylic acids is 1. The normalized spacial score (nSPS) is 29.1. The van der Waals surface area contributed by atoms with Gasteiger partial charge < -0.3 is 4.90 Å². The van der Waals surface area contributed by atoms with Gasteiger partial charge in [-0.2, -0.15) is 0 Å². The Morgan fingerprint density at radius 3 is 2.47 bits per heavy atom. The predicted octanol–water partition coefficient (Wildman–Crippen LogP) is 1.48. The average Bonchev–Trinajstić information content (AvgIpc) is 2.69. The number of amides is 1. The van der Waals surface area contributed by atoms with Crippen LogP contribution in [0.15, 0.2) is 0 Å². The Labute approximate surface area is 92.4 Å². The summed E-state index contributed by atoms with van der Waals surface area (Å²) in [4.78, 5) is 16.2. The number of hydrogen-bond acceptors (Lipinski definition) is 2. The lowest BCUT2D eigenvalue weighted by molar-refractivity contribution is -0.129. The zero-order valence-electron chi connectivity index (χ0n) is 10.1. The van der Waals surface area contributed by atoms with E-state index in [4.69, 9.17) is 0 Å². The molecule has 2 saturated heterocycles. The van der Waals surface area contributed by atoms with Crippen LogP contribution >= 0.6 is 0 Å². The molecule has 2 aliphatic rings. The third-order valence-electron chi connectivity index (χ3n) is 3.66. The van der Waals surface area contributed by atoms with Gasteiger partial charge in [-0.1, -0.05) is 0 Å². The molecule has 1 amide bonds. The molecule has 0 aromatic rings. The van der Waals surface area contributed by atoms with E-state index in [1.807, 2.05) is 0 Å². The number of carbonyl (C=O) groups is 1. The van der Waals surface area contributed by atoms with Crippen molar-refractivity contribution in [3.63, 3.8) is 0 Å². The molecule has 0 aromatic carbocycles. The molecule has 0 aromatic heterocycles. The Kier molecular flexibility index (Phi) is 2.75. The molecule has 2 aliphatic heterocycles. The molecule has 3 heteroatoms. The van der Waals surface area contributed by atoms with Gasteiger partial charge in [0, 0.05) is 37.6 Å². The maximum Gasteiger partial charge on any atom is 0.222 e. The van der Waals surface area contributed by atoms with Crippen LogP contribution in [0.4, 0.5) is 0 Å². The first-order valence-corrected chi connectivity index (χ1v) is 6.03. The topological polar surface area (TPSA) is 23.6 Å². The van der Waals surface area contributed by atoms with Crippen molar-refractivity contribution >= 4 is 5.91 Å². The second-order valence-electron chi connectivity index (χ2n) is 5.75. The van der Waals surface area contributed by atoms with Crippen LogP contribution in [0.25, 0.3) is 0 Å². The Balaban J connectivity index is 1.95. The third-order valence-corrected chi connectivity index (χ3v) is 3.66. The zero-order chi connectivity index (χ0) is 11.1. The SMILES string of the molecule is CC(C)(C)N1CCC(N2CCCC2=O)C1. The van der Waals surface area contributed by atoms with E-state index in [9.17, 15) is 4.79 Å². The molecule has 1 unspecified atom stereocenters. The van der Waals surface area contributed by atoms with Gasteiger partial charge in [0.25, 0.3) is 0 Å². The molecule has 0 N–H and O–H groups in total. The van der Waals surface area contributed by atoms with Crippen LogP contribution in [-0.4, -0.2) is 46.9 Å². The summed E-state index contributed by atoms with van der Waals surface area (Å²) in [6.07, 6.45) is 2.99. The maximum atomic E-state index is 11.6. The lowest BCUT2D eigenvalue weighted by atomic mass is 10.1. The molecule has 0 bridgehead atoms. The van der Waals surface area contributed by atoms with E-state index >= 15 is 0 Å².